The molecule has 0 saturated carbocycles. The molecule has 0 aliphatic carbocycles. The molecule has 1 saturated heterocycles. The first-order chi connectivity index (χ1) is 9.85. The predicted molar refractivity (Wildman–Crippen MR) is 74.9 cm³/mol. The second-order valence-electron chi connectivity index (χ2n) is 5.06. The maximum absolute atomic E-state index is 12.1. The lowest BCUT2D eigenvalue weighted by Crippen LogP contribution is -2.54. The fourth-order valence-corrected chi connectivity index (χ4v) is 2.05. The van der Waals surface area contributed by atoms with E-state index in [0.29, 0.717) is 19.7 Å². The average molecular weight is 301 g/mol. The van der Waals surface area contributed by atoms with Crippen LogP contribution >= 0.6 is 0 Å². The number of carboxylic acid groups (broad SMARTS) is 1. The number of morpholine rings is 1. The van der Waals surface area contributed by atoms with Gasteiger partial charge in [0.25, 0.3) is 0 Å². The minimum atomic E-state index is -0.963. The lowest BCUT2D eigenvalue weighted by molar-refractivity contribution is -0.141. The van der Waals surface area contributed by atoms with E-state index >= 15 is 0 Å². The van der Waals surface area contributed by atoms with Crippen LogP contribution in [-0.2, 0) is 14.3 Å². The summed E-state index contributed by atoms with van der Waals surface area (Å²) in [6, 6.07) is -0.998. The van der Waals surface area contributed by atoms with Crippen molar-refractivity contribution in [3.63, 3.8) is 0 Å². The van der Waals surface area contributed by atoms with Crippen LogP contribution in [0.15, 0.2) is 0 Å². The van der Waals surface area contributed by atoms with Crippen molar-refractivity contribution in [2.45, 2.75) is 32.4 Å². The van der Waals surface area contributed by atoms with Crippen molar-refractivity contribution >= 4 is 17.9 Å². The van der Waals surface area contributed by atoms with Crippen molar-refractivity contribution in [3.8, 4) is 0 Å². The van der Waals surface area contributed by atoms with Gasteiger partial charge in [0.2, 0.25) is 5.91 Å². The molecule has 1 rings (SSSR count). The number of urea groups is 1. The Hall–Kier alpha value is -1.83. The first kappa shape index (κ1) is 17.2. The van der Waals surface area contributed by atoms with Crippen molar-refractivity contribution in [1.82, 2.24) is 15.1 Å². The third-order valence-electron chi connectivity index (χ3n) is 3.39. The summed E-state index contributed by atoms with van der Waals surface area (Å²) in [6.07, 6.45) is -0.650. The van der Waals surface area contributed by atoms with E-state index in [2.05, 4.69) is 5.32 Å². The number of carbonyl (C=O) groups is 3. The molecule has 1 aliphatic heterocycles. The lowest BCUT2D eigenvalue weighted by atomic mass is 10.2. The summed E-state index contributed by atoms with van der Waals surface area (Å²) >= 11 is 0. The number of rotatable bonds is 5. The number of amides is 3. The molecule has 0 spiro atoms. The van der Waals surface area contributed by atoms with E-state index in [1.54, 1.807) is 14.0 Å². The van der Waals surface area contributed by atoms with Crippen LogP contribution in [0.4, 0.5) is 4.79 Å². The number of carbonyl (C=O) groups excluding carboxylic acids is 2. The summed E-state index contributed by atoms with van der Waals surface area (Å²) in [7, 11) is 1.67. The van der Waals surface area contributed by atoms with E-state index in [1.165, 1.54) is 9.80 Å². The third-order valence-corrected chi connectivity index (χ3v) is 3.39. The molecule has 1 heterocycles. The summed E-state index contributed by atoms with van der Waals surface area (Å²) in [6.45, 7) is 4.93. The van der Waals surface area contributed by atoms with Crippen LogP contribution < -0.4 is 5.32 Å². The Morgan fingerprint density at radius 2 is 2.14 bits per heavy atom. The Balaban J connectivity index is 2.51. The van der Waals surface area contributed by atoms with E-state index < -0.39 is 18.1 Å². The number of hydrogen-bond acceptors (Lipinski definition) is 4. The maximum Gasteiger partial charge on any atom is 0.318 e. The number of hydrogen-bond donors (Lipinski definition) is 2. The zero-order valence-electron chi connectivity index (χ0n) is 12.7. The number of likely N-dealkylation sites (N-methyl/N-ethyl adjacent to an activating group) is 1. The molecule has 1 fully saturated rings. The second kappa shape index (κ2) is 7.82. The lowest BCUT2D eigenvalue weighted by Gasteiger charge is -2.33. The van der Waals surface area contributed by atoms with Crippen molar-refractivity contribution in [2.24, 2.45) is 0 Å². The van der Waals surface area contributed by atoms with Gasteiger partial charge in [-0.1, -0.05) is 0 Å². The van der Waals surface area contributed by atoms with Crippen molar-refractivity contribution in [1.29, 1.82) is 0 Å². The van der Waals surface area contributed by atoms with Crippen LogP contribution in [-0.4, -0.2) is 78.2 Å². The number of ether oxygens (including phenoxy) is 1. The van der Waals surface area contributed by atoms with Gasteiger partial charge in [0, 0.05) is 26.7 Å². The molecular weight excluding hydrogens is 278 g/mol. The van der Waals surface area contributed by atoms with Gasteiger partial charge in [-0.15, -0.1) is 0 Å². The van der Waals surface area contributed by atoms with Crippen LogP contribution in [0.1, 0.15) is 20.3 Å². The fourth-order valence-electron chi connectivity index (χ4n) is 2.05. The van der Waals surface area contributed by atoms with Gasteiger partial charge < -0.3 is 25.0 Å². The SMILES string of the molecule is CCN(C)C(=O)C(C)NC(=O)N1CCOC(CC(=O)O)C1. The first-order valence-corrected chi connectivity index (χ1v) is 6.99. The van der Waals surface area contributed by atoms with Gasteiger partial charge in [0.15, 0.2) is 0 Å². The van der Waals surface area contributed by atoms with Crippen LogP contribution in [0, 0.1) is 0 Å². The highest BCUT2D eigenvalue weighted by molar-refractivity contribution is 5.86. The summed E-state index contributed by atoms with van der Waals surface area (Å²) in [5.74, 6) is -1.13. The number of nitrogens with one attached hydrogen (secondary N) is 1. The summed E-state index contributed by atoms with van der Waals surface area (Å²) < 4.78 is 5.30. The molecule has 2 N–H and O–H groups in total. The highest BCUT2D eigenvalue weighted by Gasteiger charge is 2.28. The van der Waals surface area contributed by atoms with E-state index in [0.717, 1.165) is 0 Å². The molecule has 0 radical (unpaired) electrons. The molecule has 120 valence electrons. The summed E-state index contributed by atoms with van der Waals surface area (Å²) in [5, 5.41) is 11.4. The molecule has 0 aromatic rings. The zero-order chi connectivity index (χ0) is 16.0. The van der Waals surface area contributed by atoms with Crippen LogP contribution in [0.3, 0.4) is 0 Å². The molecule has 2 unspecified atom stereocenters. The maximum atomic E-state index is 12.1. The van der Waals surface area contributed by atoms with Gasteiger partial charge in [0.1, 0.15) is 6.04 Å². The van der Waals surface area contributed by atoms with Crippen LogP contribution in [0.25, 0.3) is 0 Å². The Morgan fingerprint density at radius 1 is 1.48 bits per heavy atom. The van der Waals surface area contributed by atoms with E-state index in [1.807, 2.05) is 6.92 Å². The topological polar surface area (TPSA) is 99.2 Å². The Labute approximate surface area is 124 Å². The second-order valence-corrected chi connectivity index (χ2v) is 5.06. The molecule has 0 aromatic heterocycles. The molecule has 0 aromatic carbocycles. The van der Waals surface area contributed by atoms with Gasteiger partial charge in [-0.2, -0.15) is 0 Å². The number of aliphatic carboxylic acids is 1. The van der Waals surface area contributed by atoms with Crippen LogP contribution in [0.2, 0.25) is 0 Å². The largest absolute Gasteiger partial charge is 0.481 e. The Morgan fingerprint density at radius 3 is 2.71 bits per heavy atom. The number of nitrogens with zero attached hydrogens (tertiary/aromatic N) is 2. The molecule has 8 nitrogen and oxygen atoms in total. The van der Waals surface area contributed by atoms with Gasteiger partial charge in [-0.05, 0) is 13.8 Å². The zero-order valence-corrected chi connectivity index (χ0v) is 12.7. The minimum Gasteiger partial charge on any atom is -0.481 e. The predicted octanol–water partition coefficient (Wildman–Crippen LogP) is -0.262. The van der Waals surface area contributed by atoms with E-state index in [4.69, 9.17) is 9.84 Å². The van der Waals surface area contributed by atoms with Crippen LogP contribution in [0.5, 0.6) is 0 Å². The van der Waals surface area contributed by atoms with Gasteiger partial charge >= 0.3 is 12.0 Å². The smallest absolute Gasteiger partial charge is 0.318 e. The molecule has 1 aliphatic rings. The molecule has 3 amide bonds. The monoisotopic (exact) mass is 301 g/mol. The molecule has 0 bridgehead atoms. The fraction of sp³-hybridized carbons (Fsp3) is 0.769. The molecule has 2 atom stereocenters. The number of carboxylic acids is 1. The summed E-state index contributed by atoms with van der Waals surface area (Å²) in [5.41, 5.74) is 0. The van der Waals surface area contributed by atoms with Gasteiger partial charge in [-0.25, -0.2) is 4.79 Å². The quantitative estimate of drug-likeness (QED) is 0.729. The van der Waals surface area contributed by atoms with E-state index in [-0.39, 0.29) is 24.9 Å². The first-order valence-electron chi connectivity index (χ1n) is 6.99. The molecule has 21 heavy (non-hydrogen) atoms. The van der Waals surface area contributed by atoms with Gasteiger partial charge in [0.05, 0.1) is 19.1 Å². The van der Waals surface area contributed by atoms with Crippen molar-refractivity contribution in [2.75, 3.05) is 33.3 Å². The van der Waals surface area contributed by atoms with Gasteiger partial charge in [-0.3, -0.25) is 9.59 Å². The average Bonchev–Trinajstić information content (AvgIpc) is 2.45. The minimum absolute atomic E-state index is 0.142. The standard InChI is InChI=1S/C13H23N3O5/c1-4-15(3)12(19)9(2)14-13(20)16-5-6-21-10(8-16)7-11(17)18/h9-10H,4-8H2,1-3H3,(H,14,20)(H,17,18). The normalized spacial score (nSPS) is 19.8. The van der Waals surface area contributed by atoms with E-state index in [9.17, 15) is 14.4 Å². The molecular formula is C13H23N3O5. The van der Waals surface area contributed by atoms with Crippen molar-refractivity contribution < 1.29 is 24.2 Å². The third kappa shape index (κ3) is 5.22. The Bertz CT molecular complexity index is 401. The molecule has 8 heteroatoms. The summed E-state index contributed by atoms with van der Waals surface area (Å²) in [4.78, 5) is 37.7. The Kier molecular flexibility index (Phi) is 6.41. The highest BCUT2D eigenvalue weighted by Crippen LogP contribution is 2.09. The van der Waals surface area contributed by atoms with Crippen molar-refractivity contribution in [3.05, 3.63) is 0 Å². The highest BCUT2D eigenvalue weighted by atomic mass is 16.5.